The van der Waals surface area contributed by atoms with Gasteiger partial charge in [0.2, 0.25) is 0 Å². The highest BCUT2D eigenvalue weighted by Gasteiger charge is 2.09. The number of carboxylic acid groups (broad SMARTS) is 1. The molecule has 1 unspecified atom stereocenters. The van der Waals surface area contributed by atoms with Crippen LogP contribution < -0.4 is 0 Å². The maximum Gasteiger partial charge on any atom is 0.330 e. The molecule has 78 valence electrons. The van der Waals surface area contributed by atoms with Gasteiger partial charge in [-0.2, -0.15) is 0 Å². The van der Waals surface area contributed by atoms with E-state index >= 15 is 0 Å². The Balaban J connectivity index is 2.54. The van der Waals surface area contributed by atoms with Gasteiger partial charge in [-0.3, -0.25) is 0 Å². The van der Waals surface area contributed by atoms with Gasteiger partial charge in [0.15, 0.2) is 0 Å². The Morgan fingerprint density at radius 2 is 2.07 bits per heavy atom. The van der Waals surface area contributed by atoms with Crippen LogP contribution in [0.4, 0.5) is 0 Å². The van der Waals surface area contributed by atoms with E-state index in [4.69, 9.17) is 5.11 Å². The first kappa shape index (κ1) is 11.0. The first-order valence-corrected chi connectivity index (χ1v) is 5.27. The Morgan fingerprint density at radius 3 is 2.79 bits per heavy atom. The van der Waals surface area contributed by atoms with Gasteiger partial charge in [-0.25, -0.2) is 4.79 Å². The molecule has 0 aromatic carbocycles. The fourth-order valence-corrected chi connectivity index (χ4v) is 1.78. The minimum absolute atomic E-state index is 0.455. The molecule has 1 aliphatic rings. The first-order valence-electron chi connectivity index (χ1n) is 5.27. The molecule has 0 aromatic heterocycles. The van der Waals surface area contributed by atoms with Gasteiger partial charge in [0.1, 0.15) is 0 Å². The summed E-state index contributed by atoms with van der Waals surface area (Å²) < 4.78 is 0. The van der Waals surface area contributed by atoms with Gasteiger partial charge in [-0.05, 0) is 44.9 Å². The average Bonchev–Trinajstić information content (AvgIpc) is 2.08. The van der Waals surface area contributed by atoms with Crippen LogP contribution in [-0.2, 0) is 4.79 Å². The third-order valence-corrected chi connectivity index (χ3v) is 2.64. The zero-order chi connectivity index (χ0) is 10.4. The molecule has 0 bridgehead atoms. The number of hydrogen-bond acceptors (Lipinski definition) is 1. The van der Waals surface area contributed by atoms with Crippen LogP contribution in [0.15, 0.2) is 23.8 Å². The van der Waals surface area contributed by atoms with Crippen LogP contribution in [-0.4, -0.2) is 11.1 Å². The Hall–Kier alpha value is -1.05. The third-order valence-electron chi connectivity index (χ3n) is 2.64. The lowest BCUT2D eigenvalue weighted by Crippen LogP contribution is -2.03. The largest absolute Gasteiger partial charge is 0.478 e. The molecule has 0 spiro atoms. The lowest BCUT2D eigenvalue weighted by molar-refractivity contribution is -0.132. The molecule has 0 saturated carbocycles. The molecule has 1 atom stereocenters. The van der Waals surface area contributed by atoms with E-state index in [-0.39, 0.29) is 0 Å². The maximum atomic E-state index is 10.6. The fourth-order valence-electron chi connectivity index (χ4n) is 1.78. The lowest BCUT2D eigenvalue weighted by atomic mass is 9.92. The number of aliphatic carboxylic acids is 1. The lowest BCUT2D eigenvalue weighted by Gasteiger charge is -2.13. The smallest absolute Gasteiger partial charge is 0.330 e. The summed E-state index contributed by atoms with van der Waals surface area (Å²) in [6.45, 7) is 1.68. The second-order valence-electron chi connectivity index (χ2n) is 3.89. The van der Waals surface area contributed by atoms with Gasteiger partial charge in [0.25, 0.3) is 0 Å². The number of carbonyl (C=O) groups is 1. The summed E-state index contributed by atoms with van der Waals surface area (Å²) in [6, 6.07) is 0. The van der Waals surface area contributed by atoms with E-state index in [2.05, 4.69) is 12.2 Å². The van der Waals surface area contributed by atoms with Crippen molar-refractivity contribution in [2.24, 2.45) is 5.92 Å². The molecule has 0 saturated heterocycles. The van der Waals surface area contributed by atoms with Crippen molar-refractivity contribution >= 4 is 5.97 Å². The van der Waals surface area contributed by atoms with E-state index in [1.807, 2.05) is 6.08 Å². The maximum absolute atomic E-state index is 10.6. The molecule has 0 radical (unpaired) electrons. The van der Waals surface area contributed by atoms with Gasteiger partial charge in [-0.15, -0.1) is 0 Å². The molecule has 1 N–H and O–H groups in total. The quantitative estimate of drug-likeness (QED) is 0.541. The van der Waals surface area contributed by atoms with Crippen molar-refractivity contribution in [1.29, 1.82) is 0 Å². The molecule has 0 aromatic rings. The van der Waals surface area contributed by atoms with Gasteiger partial charge >= 0.3 is 5.97 Å². The Bertz CT molecular complexity index is 251. The first-order chi connectivity index (χ1) is 6.70. The van der Waals surface area contributed by atoms with Crippen LogP contribution in [0.3, 0.4) is 0 Å². The van der Waals surface area contributed by atoms with Crippen molar-refractivity contribution in [3.05, 3.63) is 23.8 Å². The van der Waals surface area contributed by atoms with Crippen molar-refractivity contribution in [3.8, 4) is 0 Å². The Labute approximate surface area is 85.3 Å². The van der Waals surface area contributed by atoms with E-state index < -0.39 is 5.97 Å². The normalized spacial score (nSPS) is 24.1. The molecule has 0 fully saturated rings. The predicted molar refractivity (Wildman–Crippen MR) is 57.1 cm³/mol. The molecule has 1 aliphatic carbocycles. The third kappa shape index (κ3) is 3.77. The molecule has 0 heterocycles. The standard InChI is InChI=1S/C12H18O2/c1-10(12(13)14)9-11-7-5-3-2-4-6-8-11/h2-3,9,11H,4-8H2,1H3,(H,13,14). The highest BCUT2D eigenvalue weighted by molar-refractivity contribution is 5.85. The van der Waals surface area contributed by atoms with E-state index in [0.717, 1.165) is 25.7 Å². The zero-order valence-corrected chi connectivity index (χ0v) is 8.70. The van der Waals surface area contributed by atoms with Crippen molar-refractivity contribution in [3.63, 3.8) is 0 Å². The number of rotatable bonds is 2. The Morgan fingerprint density at radius 1 is 1.36 bits per heavy atom. The SMILES string of the molecule is CC(=CC1CCC=CCCC1)C(=O)O. The van der Waals surface area contributed by atoms with E-state index in [1.165, 1.54) is 6.42 Å². The van der Waals surface area contributed by atoms with Crippen LogP contribution in [0, 0.1) is 5.92 Å². The molecule has 14 heavy (non-hydrogen) atoms. The average molecular weight is 194 g/mol. The summed E-state index contributed by atoms with van der Waals surface area (Å²) >= 11 is 0. The van der Waals surface area contributed by atoms with E-state index in [0.29, 0.717) is 11.5 Å². The van der Waals surface area contributed by atoms with Crippen LogP contribution in [0.2, 0.25) is 0 Å². The van der Waals surface area contributed by atoms with Crippen molar-refractivity contribution in [1.82, 2.24) is 0 Å². The predicted octanol–water partition coefficient (Wildman–Crippen LogP) is 3.15. The van der Waals surface area contributed by atoms with Crippen molar-refractivity contribution in [2.75, 3.05) is 0 Å². The highest BCUT2D eigenvalue weighted by atomic mass is 16.4. The van der Waals surface area contributed by atoms with E-state index in [1.54, 1.807) is 6.92 Å². The number of carboxylic acids is 1. The molecule has 0 amide bonds. The molecule has 2 nitrogen and oxygen atoms in total. The molecular weight excluding hydrogens is 176 g/mol. The van der Waals surface area contributed by atoms with Gasteiger partial charge in [0.05, 0.1) is 0 Å². The van der Waals surface area contributed by atoms with E-state index in [9.17, 15) is 4.79 Å². The second-order valence-corrected chi connectivity index (χ2v) is 3.89. The summed E-state index contributed by atoms with van der Waals surface area (Å²) in [5.41, 5.74) is 0.486. The summed E-state index contributed by atoms with van der Waals surface area (Å²) in [5.74, 6) is -0.335. The monoisotopic (exact) mass is 194 g/mol. The number of hydrogen-bond donors (Lipinski definition) is 1. The number of allylic oxidation sites excluding steroid dienone is 3. The minimum Gasteiger partial charge on any atom is -0.478 e. The highest BCUT2D eigenvalue weighted by Crippen LogP contribution is 2.21. The Kier molecular flexibility index (Phi) is 4.44. The summed E-state index contributed by atoms with van der Waals surface area (Å²) in [6.07, 6.45) is 11.9. The summed E-state index contributed by atoms with van der Waals surface area (Å²) in [7, 11) is 0. The topological polar surface area (TPSA) is 37.3 Å². The molecular formula is C12H18O2. The van der Waals surface area contributed by atoms with Gasteiger partial charge < -0.3 is 5.11 Å². The van der Waals surface area contributed by atoms with Crippen molar-refractivity contribution < 1.29 is 9.90 Å². The fraction of sp³-hybridized carbons (Fsp3) is 0.583. The van der Waals surface area contributed by atoms with Crippen LogP contribution >= 0.6 is 0 Å². The zero-order valence-electron chi connectivity index (χ0n) is 8.70. The molecule has 2 heteroatoms. The second kappa shape index (κ2) is 5.63. The summed E-state index contributed by atoms with van der Waals surface area (Å²) in [5, 5.41) is 8.76. The van der Waals surface area contributed by atoms with Crippen LogP contribution in [0.5, 0.6) is 0 Å². The van der Waals surface area contributed by atoms with Crippen LogP contribution in [0.1, 0.15) is 39.0 Å². The minimum atomic E-state index is -0.789. The molecule has 1 rings (SSSR count). The summed E-state index contributed by atoms with van der Waals surface area (Å²) in [4.78, 5) is 10.6. The van der Waals surface area contributed by atoms with Crippen molar-refractivity contribution in [2.45, 2.75) is 39.0 Å². The van der Waals surface area contributed by atoms with Gasteiger partial charge in [0, 0.05) is 5.57 Å². The molecule has 0 aliphatic heterocycles. The van der Waals surface area contributed by atoms with Crippen LogP contribution in [0.25, 0.3) is 0 Å². The van der Waals surface area contributed by atoms with Gasteiger partial charge in [-0.1, -0.05) is 18.2 Å².